The summed E-state index contributed by atoms with van der Waals surface area (Å²) in [4.78, 5) is 25.3. The Morgan fingerprint density at radius 1 is 1.21 bits per heavy atom. The molecule has 150 valence electrons. The van der Waals surface area contributed by atoms with Crippen LogP contribution in [-0.2, 0) is 9.59 Å². The van der Waals surface area contributed by atoms with Crippen molar-refractivity contribution in [3.05, 3.63) is 66.0 Å². The molecule has 0 saturated heterocycles. The summed E-state index contributed by atoms with van der Waals surface area (Å²) in [7, 11) is 0. The van der Waals surface area contributed by atoms with E-state index in [1.807, 2.05) is 32.0 Å². The van der Waals surface area contributed by atoms with Crippen molar-refractivity contribution in [3.63, 3.8) is 0 Å². The zero-order chi connectivity index (χ0) is 21.0. The molecular weight excluding hydrogens is 371 g/mol. The first-order chi connectivity index (χ1) is 13.9. The Bertz CT molecular complexity index is 970. The topological polar surface area (TPSA) is 74.1 Å². The first kappa shape index (κ1) is 20.4. The van der Waals surface area contributed by atoms with E-state index in [1.165, 1.54) is 23.2 Å². The first-order valence-corrected chi connectivity index (χ1v) is 9.43. The summed E-state index contributed by atoms with van der Waals surface area (Å²) >= 11 is 0. The van der Waals surface area contributed by atoms with Crippen molar-refractivity contribution in [3.8, 4) is 0 Å². The van der Waals surface area contributed by atoms with Crippen molar-refractivity contribution in [1.82, 2.24) is 5.43 Å². The molecule has 0 aromatic heterocycles. The predicted molar refractivity (Wildman–Crippen MR) is 111 cm³/mol. The molecule has 1 aliphatic heterocycles. The van der Waals surface area contributed by atoms with Crippen molar-refractivity contribution in [1.29, 1.82) is 0 Å². The second-order valence-electron chi connectivity index (χ2n) is 7.30. The van der Waals surface area contributed by atoms with Crippen LogP contribution in [0.5, 0.6) is 0 Å². The molecule has 2 aromatic carbocycles. The van der Waals surface area contributed by atoms with Gasteiger partial charge in [0.1, 0.15) is 11.7 Å². The van der Waals surface area contributed by atoms with E-state index in [0.29, 0.717) is 23.4 Å². The lowest BCUT2D eigenvalue weighted by atomic mass is 9.92. The highest BCUT2D eigenvalue weighted by molar-refractivity contribution is 6.31. The van der Waals surface area contributed by atoms with Crippen LogP contribution in [0.2, 0.25) is 0 Å². The Hall–Kier alpha value is -3.35. The summed E-state index contributed by atoms with van der Waals surface area (Å²) in [5.41, 5.74) is 4.32. The van der Waals surface area contributed by atoms with E-state index in [2.05, 4.69) is 15.6 Å². The fourth-order valence-corrected chi connectivity index (χ4v) is 3.12. The smallest absolute Gasteiger partial charge is 0.262 e. The molecule has 1 unspecified atom stereocenters. The van der Waals surface area contributed by atoms with E-state index in [9.17, 15) is 14.0 Å². The van der Waals surface area contributed by atoms with Gasteiger partial charge in [-0.3, -0.25) is 9.59 Å². The minimum atomic E-state index is -0.823. The van der Waals surface area contributed by atoms with Gasteiger partial charge in [0.05, 0.1) is 17.1 Å². The molecule has 1 atom stereocenters. The highest BCUT2D eigenvalue weighted by Gasteiger charge is 2.39. The van der Waals surface area contributed by atoms with Gasteiger partial charge in [-0.15, -0.1) is 0 Å². The number of halogens is 1. The van der Waals surface area contributed by atoms with Gasteiger partial charge in [0.25, 0.3) is 5.91 Å². The van der Waals surface area contributed by atoms with Crippen LogP contribution in [0.1, 0.15) is 32.8 Å². The lowest BCUT2D eigenvalue weighted by Gasteiger charge is -2.16. The van der Waals surface area contributed by atoms with Gasteiger partial charge in [0, 0.05) is 12.0 Å². The van der Waals surface area contributed by atoms with Crippen LogP contribution in [-0.4, -0.2) is 23.2 Å². The fraction of sp³-hybridized carbons (Fsp3) is 0.273. The maximum absolute atomic E-state index is 13.9. The van der Waals surface area contributed by atoms with Gasteiger partial charge in [0.2, 0.25) is 5.91 Å². The molecule has 6 nitrogen and oxygen atoms in total. The molecule has 2 amide bonds. The van der Waals surface area contributed by atoms with Gasteiger partial charge in [0.15, 0.2) is 0 Å². The van der Waals surface area contributed by atoms with Crippen molar-refractivity contribution in [2.24, 2.45) is 22.0 Å². The van der Waals surface area contributed by atoms with Gasteiger partial charge >= 0.3 is 0 Å². The Kier molecular flexibility index (Phi) is 6.16. The summed E-state index contributed by atoms with van der Waals surface area (Å²) in [6.07, 6.45) is 0.293. The number of hydrazone groups is 2. The van der Waals surface area contributed by atoms with Crippen LogP contribution in [0.3, 0.4) is 0 Å². The van der Waals surface area contributed by atoms with Crippen molar-refractivity contribution in [2.45, 2.75) is 27.2 Å². The van der Waals surface area contributed by atoms with Crippen LogP contribution < -0.4 is 10.4 Å². The molecule has 0 radical (unpaired) electrons. The fourth-order valence-electron chi connectivity index (χ4n) is 3.12. The molecule has 0 bridgehead atoms. The molecule has 0 fully saturated rings. The molecule has 1 aliphatic rings. The molecule has 29 heavy (non-hydrogen) atoms. The molecule has 1 heterocycles. The number of carbonyl (C=O) groups excluding carboxylic acids is 2. The third kappa shape index (κ3) is 4.74. The van der Waals surface area contributed by atoms with Gasteiger partial charge in [-0.2, -0.15) is 15.2 Å². The lowest BCUT2D eigenvalue weighted by Crippen LogP contribution is -2.35. The third-order valence-corrected chi connectivity index (χ3v) is 4.42. The van der Waals surface area contributed by atoms with E-state index in [-0.39, 0.29) is 23.4 Å². The number of rotatable bonds is 6. The molecule has 1 N–H and O–H groups in total. The van der Waals surface area contributed by atoms with Crippen LogP contribution >= 0.6 is 0 Å². The van der Waals surface area contributed by atoms with E-state index in [0.717, 1.165) is 0 Å². The quantitative estimate of drug-likeness (QED) is 0.599. The largest absolute Gasteiger partial charge is 0.273 e. The normalized spacial score (nSPS) is 16.9. The van der Waals surface area contributed by atoms with Crippen LogP contribution in [0.15, 0.2) is 64.8 Å². The molecular formula is C22H23FN4O2. The Morgan fingerprint density at radius 3 is 2.59 bits per heavy atom. The Morgan fingerprint density at radius 2 is 1.93 bits per heavy atom. The molecule has 3 rings (SSSR count). The van der Waals surface area contributed by atoms with Gasteiger partial charge < -0.3 is 0 Å². The number of hydrogen-bond acceptors (Lipinski definition) is 4. The zero-order valence-electron chi connectivity index (χ0n) is 16.6. The van der Waals surface area contributed by atoms with Crippen molar-refractivity contribution < 1.29 is 14.0 Å². The van der Waals surface area contributed by atoms with Gasteiger partial charge in [-0.25, -0.2) is 9.82 Å². The number of hydrogen-bond donors (Lipinski definition) is 1. The van der Waals surface area contributed by atoms with Crippen molar-refractivity contribution in [2.75, 3.05) is 5.01 Å². The third-order valence-electron chi connectivity index (χ3n) is 4.42. The van der Waals surface area contributed by atoms with E-state index in [1.54, 1.807) is 25.1 Å². The number of carbonyl (C=O) groups is 2. The summed E-state index contributed by atoms with van der Waals surface area (Å²) in [6, 6.07) is 14.8. The predicted octanol–water partition coefficient (Wildman–Crippen LogP) is 3.73. The Balaban J connectivity index is 1.97. The standard InChI is InChI=1S/C22H23FN4O2/c1-14(2)12-19(28)24-25-21(16-8-7-9-17(23)13-16)20-15(3)26-27(22(20)29)18-10-5-4-6-11-18/h4-11,13-14,20H,12H2,1-3H3,(H,24,28)/b25-21+. The monoisotopic (exact) mass is 394 g/mol. The minimum absolute atomic E-state index is 0.160. The number of nitrogens with zero attached hydrogens (tertiary/aromatic N) is 3. The molecule has 0 spiro atoms. The highest BCUT2D eigenvalue weighted by Crippen LogP contribution is 2.26. The zero-order valence-corrected chi connectivity index (χ0v) is 16.6. The second kappa shape index (κ2) is 8.77. The molecule has 0 aliphatic carbocycles. The number of para-hydroxylation sites is 1. The maximum atomic E-state index is 13.9. The summed E-state index contributed by atoms with van der Waals surface area (Å²) < 4.78 is 13.9. The summed E-state index contributed by atoms with van der Waals surface area (Å²) in [5, 5.41) is 9.91. The number of anilines is 1. The second-order valence-corrected chi connectivity index (χ2v) is 7.30. The molecule has 2 aromatic rings. The highest BCUT2D eigenvalue weighted by atomic mass is 19.1. The van der Waals surface area contributed by atoms with Crippen LogP contribution in [0.4, 0.5) is 10.1 Å². The first-order valence-electron chi connectivity index (χ1n) is 9.43. The number of amides is 2. The van der Waals surface area contributed by atoms with Gasteiger partial charge in [-0.1, -0.05) is 44.2 Å². The Labute approximate surface area is 169 Å². The van der Waals surface area contributed by atoms with E-state index >= 15 is 0 Å². The number of nitrogens with one attached hydrogen (secondary N) is 1. The maximum Gasteiger partial charge on any atom is 0.262 e. The SMILES string of the molecule is CC1=NN(c2ccccc2)C(=O)C1/C(=N/NC(=O)CC(C)C)c1cccc(F)c1. The van der Waals surface area contributed by atoms with Crippen LogP contribution in [0, 0.1) is 17.7 Å². The average molecular weight is 394 g/mol. The van der Waals surface area contributed by atoms with Crippen LogP contribution in [0.25, 0.3) is 0 Å². The van der Waals surface area contributed by atoms with E-state index in [4.69, 9.17) is 0 Å². The molecule has 0 saturated carbocycles. The summed E-state index contributed by atoms with van der Waals surface area (Å²) in [5.74, 6) is -1.70. The van der Waals surface area contributed by atoms with Crippen molar-refractivity contribution >= 4 is 28.9 Å². The minimum Gasteiger partial charge on any atom is -0.273 e. The number of benzene rings is 2. The van der Waals surface area contributed by atoms with Gasteiger partial charge in [-0.05, 0) is 37.1 Å². The lowest BCUT2D eigenvalue weighted by molar-refractivity contribution is -0.122. The average Bonchev–Trinajstić information content (AvgIpc) is 2.97. The summed E-state index contributed by atoms with van der Waals surface area (Å²) in [6.45, 7) is 5.56. The van der Waals surface area contributed by atoms with E-state index < -0.39 is 11.7 Å². The molecule has 7 heteroatoms.